The van der Waals surface area contributed by atoms with Crippen molar-refractivity contribution in [1.29, 1.82) is 0 Å². The second-order valence-corrected chi connectivity index (χ2v) is 6.55. The first-order valence-electron chi connectivity index (χ1n) is 8.55. The number of urea groups is 1. The van der Waals surface area contributed by atoms with Gasteiger partial charge in [-0.15, -0.1) is 0 Å². The zero-order valence-electron chi connectivity index (χ0n) is 14.7. The summed E-state index contributed by atoms with van der Waals surface area (Å²) in [5, 5.41) is 2.75. The summed E-state index contributed by atoms with van der Waals surface area (Å²) < 4.78 is 24.9. The first kappa shape index (κ1) is 18.5. The second kappa shape index (κ2) is 8.87. The summed E-state index contributed by atoms with van der Waals surface area (Å²) in [5.41, 5.74) is 0.422. The van der Waals surface area contributed by atoms with Crippen LogP contribution in [0.15, 0.2) is 18.2 Å². The Morgan fingerprint density at radius 3 is 2.96 bits per heavy atom. The van der Waals surface area contributed by atoms with Gasteiger partial charge in [-0.25, -0.2) is 9.18 Å². The Labute approximate surface area is 143 Å². The molecular formula is C18H27FN2O3. The molecule has 1 atom stereocenters. The number of ether oxygens (including phenoxy) is 2. The third-order valence-corrected chi connectivity index (χ3v) is 4.09. The number of rotatable bonds is 5. The van der Waals surface area contributed by atoms with Gasteiger partial charge in [-0.2, -0.15) is 0 Å². The number of carbonyl (C=O) groups excluding carboxylic acids is 1. The van der Waals surface area contributed by atoms with Gasteiger partial charge in [0.05, 0.1) is 13.2 Å². The topological polar surface area (TPSA) is 50.8 Å². The number of amides is 2. The standard InChI is InChI=1S/C18H27FN2O3/c1-13(2)6-10-24-17-5-4-15(12-16(17)19)20-18(22)21-8-11-23-9-7-14(21)3/h4-5,12-14H,6-11H2,1-3H3,(H,20,22). The number of carbonyl (C=O) groups is 1. The molecule has 1 N–H and O–H groups in total. The lowest BCUT2D eigenvalue weighted by Crippen LogP contribution is -2.42. The predicted octanol–water partition coefficient (Wildman–Crippen LogP) is 3.89. The van der Waals surface area contributed by atoms with E-state index in [1.807, 2.05) is 6.92 Å². The molecule has 2 amide bonds. The number of anilines is 1. The van der Waals surface area contributed by atoms with E-state index in [1.54, 1.807) is 17.0 Å². The molecule has 1 saturated heterocycles. The smallest absolute Gasteiger partial charge is 0.322 e. The fourth-order valence-electron chi connectivity index (χ4n) is 2.49. The Kier molecular flexibility index (Phi) is 6.85. The summed E-state index contributed by atoms with van der Waals surface area (Å²) in [5.74, 6) is 0.250. The molecule has 5 nitrogen and oxygen atoms in total. The molecule has 1 aliphatic heterocycles. The Morgan fingerprint density at radius 2 is 2.25 bits per heavy atom. The lowest BCUT2D eigenvalue weighted by molar-refractivity contribution is 0.143. The number of nitrogens with one attached hydrogen (secondary N) is 1. The van der Waals surface area contributed by atoms with Crippen LogP contribution in [0.1, 0.15) is 33.6 Å². The predicted molar refractivity (Wildman–Crippen MR) is 92.0 cm³/mol. The average Bonchev–Trinajstić information content (AvgIpc) is 2.73. The van der Waals surface area contributed by atoms with Gasteiger partial charge in [-0.1, -0.05) is 13.8 Å². The van der Waals surface area contributed by atoms with Gasteiger partial charge in [0.15, 0.2) is 11.6 Å². The summed E-state index contributed by atoms with van der Waals surface area (Å²) in [6.45, 7) is 8.36. The van der Waals surface area contributed by atoms with Crippen LogP contribution in [0, 0.1) is 11.7 Å². The van der Waals surface area contributed by atoms with Crippen LogP contribution >= 0.6 is 0 Å². The largest absolute Gasteiger partial charge is 0.491 e. The molecule has 0 radical (unpaired) electrons. The first-order chi connectivity index (χ1) is 11.5. The second-order valence-electron chi connectivity index (χ2n) is 6.55. The lowest BCUT2D eigenvalue weighted by Gasteiger charge is -2.26. The molecule has 134 valence electrons. The van der Waals surface area contributed by atoms with Gasteiger partial charge in [-0.3, -0.25) is 0 Å². The Hall–Kier alpha value is -1.82. The molecule has 6 heteroatoms. The van der Waals surface area contributed by atoms with Gasteiger partial charge < -0.3 is 19.7 Å². The van der Waals surface area contributed by atoms with Crippen LogP contribution < -0.4 is 10.1 Å². The van der Waals surface area contributed by atoms with Gasteiger partial charge in [-0.05, 0) is 37.8 Å². The van der Waals surface area contributed by atoms with Crippen molar-refractivity contribution in [3.63, 3.8) is 0 Å². The van der Waals surface area contributed by atoms with Crippen molar-refractivity contribution >= 4 is 11.7 Å². The van der Waals surface area contributed by atoms with E-state index in [1.165, 1.54) is 6.07 Å². The summed E-state index contributed by atoms with van der Waals surface area (Å²) in [7, 11) is 0. The molecule has 1 unspecified atom stereocenters. The van der Waals surface area contributed by atoms with E-state index in [0.29, 0.717) is 38.0 Å². The van der Waals surface area contributed by atoms with Crippen LogP contribution in [-0.4, -0.2) is 43.3 Å². The summed E-state index contributed by atoms with van der Waals surface area (Å²) in [6.07, 6.45) is 1.66. The van der Waals surface area contributed by atoms with Crippen molar-refractivity contribution in [3.8, 4) is 5.75 Å². The first-order valence-corrected chi connectivity index (χ1v) is 8.55. The van der Waals surface area contributed by atoms with Crippen LogP contribution in [0.3, 0.4) is 0 Å². The number of nitrogens with zero attached hydrogens (tertiary/aromatic N) is 1. The highest BCUT2D eigenvalue weighted by atomic mass is 19.1. The van der Waals surface area contributed by atoms with Crippen molar-refractivity contribution in [2.75, 3.05) is 31.7 Å². The van der Waals surface area contributed by atoms with Gasteiger partial charge in [0.1, 0.15) is 0 Å². The maximum absolute atomic E-state index is 14.1. The summed E-state index contributed by atoms with van der Waals surface area (Å²) in [6, 6.07) is 4.36. The molecule has 0 aliphatic carbocycles. The Morgan fingerprint density at radius 1 is 1.46 bits per heavy atom. The van der Waals surface area contributed by atoms with E-state index >= 15 is 0 Å². The van der Waals surface area contributed by atoms with Gasteiger partial charge >= 0.3 is 6.03 Å². The number of hydrogen-bond donors (Lipinski definition) is 1. The van der Waals surface area contributed by atoms with Crippen molar-refractivity contribution in [3.05, 3.63) is 24.0 Å². The fourth-order valence-corrected chi connectivity index (χ4v) is 2.49. The lowest BCUT2D eigenvalue weighted by atomic mass is 10.1. The molecule has 0 spiro atoms. The number of benzene rings is 1. The van der Waals surface area contributed by atoms with Crippen LogP contribution in [0.5, 0.6) is 5.75 Å². The minimum atomic E-state index is -0.469. The molecule has 0 bridgehead atoms. The molecule has 1 fully saturated rings. The van der Waals surface area contributed by atoms with Crippen molar-refractivity contribution in [2.24, 2.45) is 5.92 Å². The molecule has 2 rings (SSSR count). The van der Waals surface area contributed by atoms with E-state index in [-0.39, 0.29) is 17.8 Å². The molecule has 1 aromatic rings. The molecule has 0 aromatic heterocycles. The molecule has 1 aromatic carbocycles. The maximum atomic E-state index is 14.1. The molecule has 24 heavy (non-hydrogen) atoms. The van der Waals surface area contributed by atoms with E-state index in [9.17, 15) is 9.18 Å². The van der Waals surface area contributed by atoms with Crippen molar-refractivity contribution < 1.29 is 18.7 Å². The zero-order chi connectivity index (χ0) is 17.5. The highest BCUT2D eigenvalue weighted by molar-refractivity contribution is 5.89. The summed E-state index contributed by atoms with van der Waals surface area (Å²) in [4.78, 5) is 14.1. The minimum absolute atomic E-state index is 0.0935. The third kappa shape index (κ3) is 5.37. The normalized spacial score (nSPS) is 18.4. The molecule has 1 heterocycles. The van der Waals surface area contributed by atoms with Crippen molar-refractivity contribution in [1.82, 2.24) is 4.90 Å². The SMILES string of the molecule is CC(C)CCOc1ccc(NC(=O)N2CCOCCC2C)cc1F. The zero-order valence-corrected chi connectivity index (χ0v) is 14.7. The molecule has 1 aliphatic rings. The maximum Gasteiger partial charge on any atom is 0.322 e. The monoisotopic (exact) mass is 338 g/mol. The van der Waals surface area contributed by atoms with E-state index < -0.39 is 5.82 Å². The fraction of sp³-hybridized carbons (Fsp3) is 0.611. The van der Waals surface area contributed by atoms with Gasteiger partial charge in [0, 0.05) is 30.9 Å². The van der Waals surface area contributed by atoms with E-state index in [2.05, 4.69) is 19.2 Å². The minimum Gasteiger partial charge on any atom is -0.491 e. The van der Waals surface area contributed by atoms with Crippen molar-refractivity contribution in [2.45, 2.75) is 39.7 Å². The van der Waals surface area contributed by atoms with Crippen LogP contribution in [0.4, 0.5) is 14.9 Å². The molecular weight excluding hydrogens is 311 g/mol. The molecule has 0 saturated carbocycles. The number of hydrogen-bond acceptors (Lipinski definition) is 3. The highest BCUT2D eigenvalue weighted by Gasteiger charge is 2.22. The van der Waals surface area contributed by atoms with E-state index in [4.69, 9.17) is 9.47 Å². The van der Waals surface area contributed by atoms with E-state index in [0.717, 1.165) is 12.8 Å². The quantitative estimate of drug-likeness (QED) is 0.886. The van der Waals surface area contributed by atoms with Gasteiger partial charge in [0.2, 0.25) is 0 Å². The van der Waals surface area contributed by atoms with Crippen LogP contribution in [0.2, 0.25) is 0 Å². The third-order valence-electron chi connectivity index (χ3n) is 4.09. The average molecular weight is 338 g/mol. The summed E-state index contributed by atoms with van der Waals surface area (Å²) >= 11 is 0. The number of halogens is 1. The Bertz CT molecular complexity index is 551. The highest BCUT2D eigenvalue weighted by Crippen LogP contribution is 2.22. The van der Waals surface area contributed by atoms with Crippen LogP contribution in [0.25, 0.3) is 0 Å². The van der Waals surface area contributed by atoms with Crippen LogP contribution in [-0.2, 0) is 4.74 Å². The van der Waals surface area contributed by atoms with Gasteiger partial charge in [0.25, 0.3) is 0 Å². The Balaban J connectivity index is 1.94.